The zero-order valence-corrected chi connectivity index (χ0v) is 72.9. The number of piperidine rings is 4. The van der Waals surface area contributed by atoms with Gasteiger partial charge in [-0.25, -0.2) is 0 Å². The number of carbonyl (C=O) groups excluding carboxylic acids is 2. The van der Waals surface area contributed by atoms with E-state index in [0.29, 0.717) is 82.0 Å². The van der Waals surface area contributed by atoms with Crippen LogP contribution in [0.1, 0.15) is 282 Å². The van der Waals surface area contributed by atoms with Crippen molar-refractivity contribution < 1.29 is 101 Å². The van der Waals surface area contributed by atoms with Crippen LogP contribution in [0.25, 0.3) is 43.1 Å². The summed E-state index contributed by atoms with van der Waals surface area (Å²) >= 11 is 3.43. The van der Waals surface area contributed by atoms with Gasteiger partial charge in [-0.1, -0.05) is 129 Å². The first-order chi connectivity index (χ1) is 58.3. The number of nitrogens with zero attached hydrogens (tertiary/aromatic N) is 1. The molecule has 3 N–H and O–H groups in total. The summed E-state index contributed by atoms with van der Waals surface area (Å²) in [6, 6.07) is 33.4. The standard InChI is InChI=1S/C29H36F3NO3.C20H22BrF3O.C20H23F3O2.C19H19F3O2.C10H17NO2/c1-17-6-11-24(12-7-17)36-26-13-10-19-8-9-20(16-25(19)27(26)29(30,31)32)18(2)33-22-4-3-5-23(33)15-21(14-22)28(34)35;1-12-3-8-16(9-4-12)25-18-10-7-14-5-6-15(13(2)21)11-17(14)19(18)20(22,23)24;1-12-3-8-16(9-4-12)25-18-10-7-14-5-6-15(13(2)24)11-17(14)19(18)20(21,22)23;1-12-2-7-15(8-3-12)24-17-9-6-14-5-4-13(11-23)10-16(14)18(17)19(20,21)22;1-13-10(12)7-5-8-3-2-4-9(6-7)11-8/h8-10,13,16-18,21-24H,3-7,11-12,14-15H2,1-2H3,(H,34,35);5-7,10-13,16H,3-4,8-9H2,1-2H3;5-7,10-13,16,24H,3-4,8-9H2,1-2H3;4-6,9-12,15H,2-3,7-8H2,1H3;7-9,11H,2-6H2,1H3. The number of hydrogen-bond acceptors (Lipinski definition) is 11. The molecular formula is C98H117BrF12N2O10. The Hall–Kier alpha value is -7.87. The van der Waals surface area contributed by atoms with Crippen molar-refractivity contribution in [1.29, 1.82) is 0 Å². The summed E-state index contributed by atoms with van der Waals surface area (Å²) in [6.45, 7) is 14.1. The zero-order valence-electron chi connectivity index (χ0n) is 71.3. The molecule has 7 unspecified atom stereocenters. The second-order valence-corrected chi connectivity index (χ2v) is 37.5. The number of halogens is 13. The van der Waals surface area contributed by atoms with E-state index in [1.165, 1.54) is 81.8 Å². The third kappa shape index (κ3) is 24.1. The van der Waals surface area contributed by atoms with Gasteiger partial charge in [0.15, 0.2) is 0 Å². The molecule has 8 fully saturated rings. The minimum atomic E-state index is -4.54. The molecule has 4 aliphatic heterocycles. The maximum absolute atomic E-state index is 14.4. The molecule has 4 aliphatic carbocycles. The lowest BCUT2D eigenvalue weighted by atomic mass is 9.77. The van der Waals surface area contributed by atoms with Crippen LogP contribution in [-0.2, 0) is 39.0 Å². The molecule has 0 radical (unpaired) electrons. The van der Waals surface area contributed by atoms with Crippen molar-refractivity contribution in [3.8, 4) is 23.0 Å². The highest BCUT2D eigenvalue weighted by molar-refractivity contribution is 9.09. The van der Waals surface area contributed by atoms with Crippen molar-refractivity contribution in [2.45, 2.75) is 306 Å². The smallest absolute Gasteiger partial charge is 0.420 e. The molecule has 670 valence electrons. The number of alkyl halides is 13. The quantitative estimate of drug-likeness (QED) is 0.0388. The average molecular weight is 1790 g/mol. The maximum Gasteiger partial charge on any atom is 0.420 e. The number of hydrogen-bond donors (Lipinski definition) is 3. The molecule has 12 nitrogen and oxygen atoms in total. The third-order valence-corrected chi connectivity index (χ3v) is 27.4. The summed E-state index contributed by atoms with van der Waals surface area (Å²) in [7, 11) is 1.49. The van der Waals surface area contributed by atoms with Gasteiger partial charge in [0.05, 0.1) is 49.5 Å². The Bertz CT molecular complexity index is 4750. The number of carboxylic acids is 1. The lowest BCUT2D eigenvalue weighted by Crippen LogP contribution is -2.53. The van der Waals surface area contributed by atoms with Gasteiger partial charge in [0.25, 0.3) is 0 Å². The predicted molar refractivity (Wildman–Crippen MR) is 459 cm³/mol. The van der Waals surface area contributed by atoms with E-state index in [9.17, 15) is 77.3 Å². The van der Waals surface area contributed by atoms with Crippen LogP contribution < -0.4 is 24.3 Å². The highest BCUT2D eigenvalue weighted by Crippen LogP contribution is 2.51. The lowest BCUT2D eigenvalue weighted by molar-refractivity contribution is -0.148. The van der Waals surface area contributed by atoms with E-state index in [0.717, 1.165) is 146 Å². The number of rotatable bonds is 15. The molecular weight excluding hydrogens is 1670 g/mol. The molecule has 16 rings (SSSR count). The summed E-state index contributed by atoms with van der Waals surface area (Å²) in [5.41, 5.74) is -0.535. The van der Waals surface area contributed by atoms with Crippen LogP contribution in [0.2, 0.25) is 0 Å². The van der Waals surface area contributed by atoms with Crippen LogP contribution in [0.4, 0.5) is 52.7 Å². The molecule has 0 spiro atoms. The van der Waals surface area contributed by atoms with Crippen molar-refractivity contribution >= 4 is 77.2 Å². The number of ether oxygens (including phenoxy) is 5. The van der Waals surface area contributed by atoms with Gasteiger partial charge in [0.1, 0.15) is 51.5 Å². The number of benzene rings is 8. The Morgan fingerprint density at radius 1 is 0.423 bits per heavy atom. The molecule has 8 aliphatic rings. The van der Waals surface area contributed by atoms with E-state index in [2.05, 4.69) is 53.8 Å². The van der Waals surface area contributed by atoms with Crippen LogP contribution in [0.3, 0.4) is 0 Å². The molecule has 7 atom stereocenters. The molecule has 123 heavy (non-hydrogen) atoms. The van der Waals surface area contributed by atoms with E-state index < -0.39 is 59.0 Å². The van der Waals surface area contributed by atoms with Crippen LogP contribution >= 0.6 is 15.9 Å². The van der Waals surface area contributed by atoms with Gasteiger partial charge < -0.3 is 39.2 Å². The van der Waals surface area contributed by atoms with Crippen LogP contribution in [-0.4, -0.2) is 89.0 Å². The Morgan fingerprint density at radius 3 is 1.06 bits per heavy atom. The Labute approximate surface area is 721 Å². The monoisotopic (exact) mass is 1790 g/mol. The van der Waals surface area contributed by atoms with Crippen molar-refractivity contribution in [1.82, 2.24) is 10.2 Å². The summed E-state index contributed by atoms with van der Waals surface area (Å²) in [4.78, 5) is 36.3. The Morgan fingerprint density at radius 2 is 0.732 bits per heavy atom. The summed E-state index contributed by atoms with van der Waals surface area (Å²) in [5.74, 6) is 1.12. The normalized spacial score (nSPS) is 26.4. The highest BCUT2D eigenvalue weighted by Gasteiger charge is 2.46. The van der Waals surface area contributed by atoms with E-state index in [4.69, 9.17) is 23.7 Å². The summed E-state index contributed by atoms with van der Waals surface area (Å²) in [5, 5.41) is 25.4. The molecule has 0 aromatic heterocycles. The number of nitrogens with one attached hydrogen (secondary N) is 1. The number of aliphatic hydroxyl groups excluding tert-OH is 1. The number of carboxylic acid groups (broad SMARTS) is 1. The van der Waals surface area contributed by atoms with E-state index in [1.807, 2.05) is 26.0 Å². The largest absolute Gasteiger partial charge is 0.490 e. The molecule has 4 bridgehead atoms. The zero-order chi connectivity index (χ0) is 88.6. The number of aldehydes is 1. The molecule has 0 amide bonds. The van der Waals surface area contributed by atoms with Gasteiger partial charge in [-0.15, -0.1) is 0 Å². The molecule has 8 aromatic rings. The average Bonchev–Trinajstić information content (AvgIpc) is 0.825. The number of esters is 1. The fourth-order valence-electron chi connectivity index (χ4n) is 19.8. The fraction of sp³-hybridized carbons (Fsp3) is 0.561. The maximum atomic E-state index is 14.4. The number of methoxy groups -OCH3 is 1. The van der Waals surface area contributed by atoms with Gasteiger partial charge in [-0.3, -0.25) is 19.3 Å². The molecule has 8 aromatic carbocycles. The number of aliphatic hydroxyl groups is 1. The second-order valence-electron chi connectivity index (χ2n) is 36.1. The second kappa shape index (κ2) is 40.8. The fourth-order valence-corrected chi connectivity index (χ4v) is 20.1. The van der Waals surface area contributed by atoms with Gasteiger partial charge in [0, 0.05) is 40.6 Å². The van der Waals surface area contributed by atoms with Crippen LogP contribution in [0, 0.1) is 35.5 Å². The van der Waals surface area contributed by atoms with Crippen molar-refractivity contribution in [2.24, 2.45) is 35.5 Å². The molecule has 4 heterocycles. The van der Waals surface area contributed by atoms with Gasteiger partial charge in [-0.2, -0.15) is 52.7 Å². The number of carbonyl (C=O) groups is 3. The first kappa shape index (κ1) is 94.3. The third-order valence-electron chi connectivity index (χ3n) is 26.8. The topological polar surface area (TPSA) is 153 Å². The highest BCUT2D eigenvalue weighted by atomic mass is 79.9. The Balaban J connectivity index is 0.000000144. The van der Waals surface area contributed by atoms with Gasteiger partial charge in [0.2, 0.25) is 0 Å². The van der Waals surface area contributed by atoms with Gasteiger partial charge >= 0.3 is 36.6 Å². The van der Waals surface area contributed by atoms with Crippen molar-refractivity contribution in [2.75, 3.05) is 7.11 Å². The molecule has 4 saturated carbocycles. The first-order valence-electron chi connectivity index (χ1n) is 44.1. The Kier molecular flexibility index (Phi) is 31.3. The predicted octanol–water partition coefficient (Wildman–Crippen LogP) is 27.4. The SMILES string of the molecule is CC1CCC(Oc2ccc3ccc(C(C)Br)cc3c2C(F)(F)F)CC1.CC1CCC(Oc2ccc3ccc(C(C)N4C5CCCC4CC(C(=O)O)C5)cc3c2C(F)(F)F)CC1.CC1CCC(Oc2ccc3ccc(C(C)O)cc3c2C(F)(F)F)CC1.CC1CCC(Oc2ccc3ccc(C=O)cc3c2C(F)(F)F)CC1.COC(=O)C1CC2CCCC(C1)N2. The minimum absolute atomic E-state index is 0.00813. The van der Waals surface area contributed by atoms with Crippen LogP contribution in [0.15, 0.2) is 121 Å². The first-order valence-corrected chi connectivity index (χ1v) is 45.1. The van der Waals surface area contributed by atoms with E-state index in [-0.39, 0.29) is 115 Å². The molecule has 4 saturated heterocycles. The molecule has 25 heteroatoms. The van der Waals surface area contributed by atoms with Gasteiger partial charge in [-0.05, 0) is 307 Å². The minimum Gasteiger partial charge on any atom is -0.490 e. The van der Waals surface area contributed by atoms with Crippen molar-refractivity contribution in [3.05, 3.63) is 166 Å². The number of fused-ring (bicyclic) bond motifs is 8. The van der Waals surface area contributed by atoms with Crippen molar-refractivity contribution in [3.63, 3.8) is 0 Å². The summed E-state index contributed by atoms with van der Waals surface area (Å²) < 4.78 is 195. The van der Waals surface area contributed by atoms with E-state index in [1.54, 1.807) is 60.7 Å². The number of aliphatic carboxylic acids is 1. The van der Waals surface area contributed by atoms with E-state index >= 15 is 0 Å². The summed E-state index contributed by atoms with van der Waals surface area (Å²) in [6.07, 6.45) is 5.02. The van der Waals surface area contributed by atoms with Crippen LogP contribution in [0.5, 0.6) is 23.0 Å². The lowest BCUT2D eigenvalue weighted by Gasteiger charge is -2.51.